The maximum atomic E-state index is 3.46. The Balaban J connectivity index is 4.46. The van der Waals surface area contributed by atoms with E-state index in [2.05, 4.69) is 53.9 Å². The Morgan fingerprint density at radius 1 is 0.824 bits per heavy atom. The summed E-state index contributed by atoms with van der Waals surface area (Å²) in [5, 5.41) is 3.46. The molecule has 0 aromatic heterocycles. The maximum absolute atomic E-state index is 3.46. The molecule has 0 saturated heterocycles. The highest BCUT2D eigenvalue weighted by molar-refractivity contribution is 4.77. The molecule has 0 aromatic carbocycles. The monoisotopic (exact) mass is 241 g/mol. The Labute approximate surface area is 110 Å². The number of nitrogens with one attached hydrogen (secondary N) is 1. The lowest BCUT2D eigenvalue weighted by Gasteiger charge is -2.31. The first kappa shape index (κ1) is 17.0. The van der Waals surface area contributed by atoms with E-state index in [1.807, 2.05) is 0 Å². The molecule has 0 bridgehead atoms. The van der Waals surface area contributed by atoms with Gasteiger partial charge in [0.2, 0.25) is 0 Å². The van der Waals surface area contributed by atoms with Crippen molar-refractivity contribution in [3.8, 4) is 0 Å². The molecule has 0 heterocycles. The average molecular weight is 241 g/mol. The van der Waals surface area contributed by atoms with E-state index >= 15 is 0 Å². The van der Waals surface area contributed by atoms with Crippen LogP contribution in [-0.2, 0) is 0 Å². The van der Waals surface area contributed by atoms with E-state index in [0.29, 0.717) is 6.04 Å². The van der Waals surface area contributed by atoms with Crippen molar-refractivity contribution in [3.05, 3.63) is 0 Å². The third kappa shape index (κ3) is 6.45. The van der Waals surface area contributed by atoms with E-state index in [1.54, 1.807) is 0 Å². The second kappa shape index (κ2) is 8.97. The molecule has 104 valence electrons. The van der Waals surface area contributed by atoms with E-state index in [1.165, 1.54) is 25.7 Å². The van der Waals surface area contributed by atoms with E-state index in [0.717, 1.165) is 23.7 Å². The van der Waals surface area contributed by atoms with E-state index in [-0.39, 0.29) is 0 Å². The minimum atomic E-state index is 0.650. The summed E-state index contributed by atoms with van der Waals surface area (Å²) >= 11 is 0. The van der Waals surface area contributed by atoms with Crippen LogP contribution in [0, 0.1) is 23.7 Å². The van der Waals surface area contributed by atoms with Gasteiger partial charge in [0.1, 0.15) is 0 Å². The number of hydrogen-bond acceptors (Lipinski definition) is 1. The van der Waals surface area contributed by atoms with Crippen LogP contribution in [0.3, 0.4) is 0 Å². The topological polar surface area (TPSA) is 12.0 Å². The van der Waals surface area contributed by atoms with E-state index < -0.39 is 0 Å². The molecule has 4 atom stereocenters. The van der Waals surface area contributed by atoms with Gasteiger partial charge in [-0.1, -0.05) is 47.5 Å². The summed E-state index contributed by atoms with van der Waals surface area (Å²) in [5.74, 6) is 3.41. The highest BCUT2D eigenvalue weighted by Gasteiger charge is 2.23. The third-order valence-corrected chi connectivity index (χ3v) is 4.64. The molecule has 0 spiro atoms. The van der Waals surface area contributed by atoms with Crippen LogP contribution < -0.4 is 5.32 Å². The molecule has 0 saturated carbocycles. The van der Waals surface area contributed by atoms with Crippen LogP contribution in [0.2, 0.25) is 0 Å². The maximum Gasteiger partial charge on any atom is 0.00642 e. The van der Waals surface area contributed by atoms with Gasteiger partial charge in [0.25, 0.3) is 0 Å². The van der Waals surface area contributed by atoms with Crippen LogP contribution in [0.1, 0.15) is 67.2 Å². The van der Waals surface area contributed by atoms with Gasteiger partial charge in [0.05, 0.1) is 0 Å². The smallest absolute Gasteiger partial charge is 0.00642 e. The van der Waals surface area contributed by atoms with Crippen molar-refractivity contribution >= 4 is 0 Å². The number of rotatable bonds is 9. The molecule has 1 nitrogen and oxygen atoms in total. The second-order valence-corrected chi connectivity index (χ2v) is 6.23. The van der Waals surface area contributed by atoms with Gasteiger partial charge in [0, 0.05) is 6.04 Å². The van der Waals surface area contributed by atoms with Crippen LogP contribution >= 0.6 is 0 Å². The van der Waals surface area contributed by atoms with Crippen molar-refractivity contribution in [3.63, 3.8) is 0 Å². The van der Waals surface area contributed by atoms with Crippen molar-refractivity contribution in [2.45, 2.75) is 73.3 Å². The minimum absolute atomic E-state index is 0.650. The van der Waals surface area contributed by atoms with Crippen molar-refractivity contribution in [1.82, 2.24) is 5.32 Å². The SMILES string of the molecule is CCC(C)CC(CC(CC)C(C)C)C(C)NC. The lowest BCUT2D eigenvalue weighted by Crippen LogP contribution is -2.33. The lowest BCUT2D eigenvalue weighted by molar-refractivity contribution is 0.222. The molecule has 4 unspecified atom stereocenters. The second-order valence-electron chi connectivity index (χ2n) is 6.23. The lowest BCUT2D eigenvalue weighted by atomic mass is 9.78. The van der Waals surface area contributed by atoms with Crippen molar-refractivity contribution in [2.75, 3.05) is 7.05 Å². The van der Waals surface area contributed by atoms with Gasteiger partial charge in [-0.25, -0.2) is 0 Å². The Morgan fingerprint density at radius 3 is 1.76 bits per heavy atom. The summed E-state index contributed by atoms with van der Waals surface area (Å²) in [7, 11) is 2.10. The van der Waals surface area contributed by atoms with Gasteiger partial charge in [-0.05, 0) is 50.5 Å². The average Bonchev–Trinajstić information content (AvgIpc) is 2.32. The Hall–Kier alpha value is -0.0400. The Kier molecular flexibility index (Phi) is 8.94. The molecule has 0 rings (SSSR count). The van der Waals surface area contributed by atoms with Gasteiger partial charge in [-0.2, -0.15) is 0 Å². The molecule has 0 radical (unpaired) electrons. The Bertz CT molecular complexity index is 176. The normalized spacial score (nSPS) is 19.1. The van der Waals surface area contributed by atoms with Crippen molar-refractivity contribution in [2.24, 2.45) is 23.7 Å². The molecule has 0 aromatic rings. The highest BCUT2D eigenvalue weighted by atomic mass is 14.9. The molecule has 0 amide bonds. The van der Waals surface area contributed by atoms with Crippen LogP contribution in [0.4, 0.5) is 0 Å². The van der Waals surface area contributed by atoms with Gasteiger partial charge in [-0.3, -0.25) is 0 Å². The van der Waals surface area contributed by atoms with E-state index in [4.69, 9.17) is 0 Å². The summed E-state index contributed by atoms with van der Waals surface area (Å²) in [6.45, 7) is 14.1. The quantitative estimate of drug-likeness (QED) is 0.616. The zero-order chi connectivity index (χ0) is 13.4. The molecule has 0 aliphatic carbocycles. The van der Waals surface area contributed by atoms with Gasteiger partial charge >= 0.3 is 0 Å². The first-order valence-electron chi connectivity index (χ1n) is 7.63. The molecule has 1 N–H and O–H groups in total. The minimum Gasteiger partial charge on any atom is -0.317 e. The van der Waals surface area contributed by atoms with Crippen LogP contribution in [0.15, 0.2) is 0 Å². The Morgan fingerprint density at radius 2 is 1.41 bits per heavy atom. The highest BCUT2D eigenvalue weighted by Crippen LogP contribution is 2.30. The summed E-state index contributed by atoms with van der Waals surface area (Å²) in [6.07, 6.45) is 5.40. The summed E-state index contributed by atoms with van der Waals surface area (Å²) in [5.41, 5.74) is 0. The predicted molar refractivity (Wildman–Crippen MR) is 79.3 cm³/mol. The van der Waals surface area contributed by atoms with E-state index in [9.17, 15) is 0 Å². The summed E-state index contributed by atoms with van der Waals surface area (Å²) in [6, 6.07) is 0.650. The van der Waals surface area contributed by atoms with Gasteiger partial charge in [0.15, 0.2) is 0 Å². The zero-order valence-electron chi connectivity index (χ0n) is 13.2. The van der Waals surface area contributed by atoms with Gasteiger partial charge in [-0.15, -0.1) is 0 Å². The zero-order valence-corrected chi connectivity index (χ0v) is 13.2. The molecule has 0 aliphatic rings. The van der Waals surface area contributed by atoms with Crippen molar-refractivity contribution in [1.29, 1.82) is 0 Å². The fourth-order valence-electron chi connectivity index (χ4n) is 2.72. The molecular formula is C16H35N. The molecule has 17 heavy (non-hydrogen) atoms. The van der Waals surface area contributed by atoms with Crippen LogP contribution in [-0.4, -0.2) is 13.1 Å². The first-order valence-corrected chi connectivity index (χ1v) is 7.63. The summed E-state index contributed by atoms with van der Waals surface area (Å²) in [4.78, 5) is 0. The molecular weight excluding hydrogens is 206 g/mol. The fraction of sp³-hybridized carbons (Fsp3) is 1.00. The molecule has 1 heteroatoms. The predicted octanol–water partition coefficient (Wildman–Crippen LogP) is 4.72. The van der Waals surface area contributed by atoms with Crippen LogP contribution in [0.25, 0.3) is 0 Å². The standard InChI is InChI=1S/C16H35N/c1-8-13(5)10-16(14(6)17-7)11-15(9-2)12(3)4/h12-17H,8-11H2,1-7H3. The molecule has 0 aliphatic heterocycles. The summed E-state index contributed by atoms with van der Waals surface area (Å²) < 4.78 is 0. The molecule has 0 fully saturated rings. The fourth-order valence-corrected chi connectivity index (χ4v) is 2.72. The first-order chi connectivity index (χ1) is 7.96. The van der Waals surface area contributed by atoms with Crippen molar-refractivity contribution < 1.29 is 0 Å². The number of hydrogen-bond donors (Lipinski definition) is 1. The van der Waals surface area contributed by atoms with Gasteiger partial charge < -0.3 is 5.32 Å². The third-order valence-electron chi connectivity index (χ3n) is 4.64. The van der Waals surface area contributed by atoms with Crippen LogP contribution in [0.5, 0.6) is 0 Å². The largest absolute Gasteiger partial charge is 0.317 e.